The maximum absolute atomic E-state index is 5.91. The molecule has 0 spiro atoms. The van der Waals surface area contributed by atoms with Gasteiger partial charge < -0.3 is 5.32 Å². The topological polar surface area (TPSA) is 15.3 Å². The Balaban J connectivity index is 1.68. The first kappa shape index (κ1) is 11.5. The van der Waals surface area contributed by atoms with E-state index in [9.17, 15) is 0 Å². The molecule has 17 heavy (non-hydrogen) atoms. The van der Waals surface area contributed by atoms with Gasteiger partial charge in [-0.05, 0) is 49.5 Å². The fourth-order valence-electron chi connectivity index (χ4n) is 3.29. The standard InChI is InChI=1S/C14H19ClN2/c1-10-14-7-16-6-12(14)9-17(10)8-11-2-4-13(15)5-3-11/h2-5,10,12,14,16H,6-9H2,1H3. The second kappa shape index (κ2) is 4.60. The highest BCUT2D eigenvalue weighted by atomic mass is 35.5. The molecule has 1 N–H and O–H groups in total. The molecule has 3 atom stereocenters. The largest absolute Gasteiger partial charge is 0.316 e. The van der Waals surface area contributed by atoms with Gasteiger partial charge in [-0.2, -0.15) is 0 Å². The van der Waals surface area contributed by atoms with E-state index < -0.39 is 0 Å². The summed E-state index contributed by atoms with van der Waals surface area (Å²) in [5.74, 6) is 1.71. The molecule has 1 aromatic rings. The normalized spacial score (nSPS) is 32.9. The van der Waals surface area contributed by atoms with Crippen LogP contribution in [0.25, 0.3) is 0 Å². The second-order valence-corrected chi connectivity index (χ2v) is 5.82. The highest BCUT2D eigenvalue weighted by Gasteiger charge is 2.41. The van der Waals surface area contributed by atoms with Gasteiger partial charge in [0.2, 0.25) is 0 Å². The third-order valence-corrected chi connectivity index (χ3v) is 4.61. The molecule has 2 fully saturated rings. The lowest BCUT2D eigenvalue weighted by molar-refractivity contribution is 0.231. The minimum absolute atomic E-state index is 0.700. The van der Waals surface area contributed by atoms with Crippen molar-refractivity contribution in [1.29, 1.82) is 0 Å². The molecule has 92 valence electrons. The molecule has 0 bridgehead atoms. The predicted octanol–water partition coefficient (Wildman–Crippen LogP) is 2.38. The van der Waals surface area contributed by atoms with Crippen molar-refractivity contribution in [3.8, 4) is 0 Å². The van der Waals surface area contributed by atoms with E-state index in [4.69, 9.17) is 11.6 Å². The predicted molar refractivity (Wildman–Crippen MR) is 71.2 cm³/mol. The summed E-state index contributed by atoms with van der Waals surface area (Å²) in [5.41, 5.74) is 1.37. The van der Waals surface area contributed by atoms with Gasteiger partial charge >= 0.3 is 0 Å². The number of halogens is 1. The SMILES string of the molecule is CC1C2CNCC2CN1Cc1ccc(Cl)cc1. The van der Waals surface area contributed by atoms with Crippen LogP contribution in [0.15, 0.2) is 24.3 Å². The lowest BCUT2D eigenvalue weighted by Gasteiger charge is -2.24. The van der Waals surface area contributed by atoms with Gasteiger partial charge in [-0.15, -0.1) is 0 Å². The Morgan fingerprint density at radius 3 is 2.76 bits per heavy atom. The van der Waals surface area contributed by atoms with Crippen molar-refractivity contribution >= 4 is 11.6 Å². The van der Waals surface area contributed by atoms with E-state index >= 15 is 0 Å². The van der Waals surface area contributed by atoms with E-state index in [1.807, 2.05) is 12.1 Å². The number of hydrogen-bond donors (Lipinski definition) is 1. The first-order chi connectivity index (χ1) is 8.24. The molecule has 2 aliphatic rings. The maximum Gasteiger partial charge on any atom is 0.0406 e. The molecule has 1 aromatic carbocycles. The Kier molecular flexibility index (Phi) is 3.12. The molecule has 0 saturated carbocycles. The van der Waals surface area contributed by atoms with Crippen molar-refractivity contribution in [1.82, 2.24) is 10.2 Å². The minimum Gasteiger partial charge on any atom is -0.316 e. The van der Waals surface area contributed by atoms with Gasteiger partial charge in [0, 0.05) is 24.2 Å². The van der Waals surface area contributed by atoms with Crippen molar-refractivity contribution in [3.63, 3.8) is 0 Å². The average Bonchev–Trinajstić information content (AvgIpc) is 2.87. The van der Waals surface area contributed by atoms with Crippen LogP contribution in [0.5, 0.6) is 0 Å². The number of likely N-dealkylation sites (tertiary alicyclic amines) is 1. The van der Waals surface area contributed by atoms with Crippen LogP contribution in [0, 0.1) is 11.8 Å². The summed E-state index contributed by atoms with van der Waals surface area (Å²) in [5, 5.41) is 4.33. The van der Waals surface area contributed by atoms with Crippen LogP contribution in [0.3, 0.4) is 0 Å². The Hall–Kier alpha value is -0.570. The first-order valence-electron chi connectivity index (χ1n) is 6.43. The van der Waals surface area contributed by atoms with Crippen LogP contribution in [0.4, 0.5) is 0 Å². The molecular formula is C14H19ClN2. The molecule has 2 aliphatic heterocycles. The molecule has 3 unspecified atom stereocenters. The van der Waals surface area contributed by atoms with Gasteiger partial charge in [-0.25, -0.2) is 0 Å². The quantitative estimate of drug-likeness (QED) is 0.867. The van der Waals surface area contributed by atoms with Crippen LogP contribution in [-0.2, 0) is 6.54 Å². The molecule has 0 aromatic heterocycles. The molecule has 2 heterocycles. The van der Waals surface area contributed by atoms with Gasteiger partial charge in [-0.1, -0.05) is 23.7 Å². The molecule has 2 nitrogen and oxygen atoms in total. The van der Waals surface area contributed by atoms with Crippen LogP contribution < -0.4 is 5.32 Å². The first-order valence-corrected chi connectivity index (χ1v) is 6.81. The van der Waals surface area contributed by atoms with Gasteiger partial charge in [0.25, 0.3) is 0 Å². The van der Waals surface area contributed by atoms with Crippen molar-refractivity contribution in [2.45, 2.75) is 19.5 Å². The molecule has 3 heteroatoms. The highest BCUT2D eigenvalue weighted by molar-refractivity contribution is 6.30. The monoisotopic (exact) mass is 250 g/mol. The lowest BCUT2D eigenvalue weighted by Crippen LogP contribution is -2.32. The van der Waals surface area contributed by atoms with Gasteiger partial charge in [0.1, 0.15) is 0 Å². The van der Waals surface area contributed by atoms with E-state index in [-0.39, 0.29) is 0 Å². The van der Waals surface area contributed by atoms with Crippen molar-refractivity contribution < 1.29 is 0 Å². The van der Waals surface area contributed by atoms with Gasteiger partial charge in [-0.3, -0.25) is 4.90 Å². The molecule has 3 rings (SSSR count). The zero-order chi connectivity index (χ0) is 11.8. The second-order valence-electron chi connectivity index (χ2n) is 5.38. The molecule has 0 amide bonds. The number of fused-ring (bicyclic) bond motifs is 1. The third kappa shape index (κ3) is 2.22. The summed E-state index contributed by atoms with van der Waals surface area (Å²) in [6.45, 7) is 7.06. The number of nitrogens with zero attached hydrogens (tertiary/aromatic N) is 1. The fourth-order valence-corrected chi connectivity index (χ4v) is 3.41. The summed E-state index contributed by atoms with van der Waals surface area (Å²) in [7, 11) is 0. The fraction of sp³-hybridized carbons (Fsp3) is 0.571. The number of benzene rings is 1. The summed E-state index contributed by atoms with van der Waals surface area (Å²) < 4.78 is 0. The summed E-state index contributed by atoms with van der Waals surface area (Å²) in [6.07, 6.45) is 0. The molecule has 0 aliphatic carbocycles. The summed E-state index contributed by atoms with van der Waals surface area (Å²) >= 11 is 5.91. The Morgan fingerprint density at radius 2 is 2.06 bits per heavy atom. The van der Waals surface area contributed by atoms with E-state index in [0.29, 0.717) is 6.04 Å². The molecular weight excluding hydrogens is 232 g/mol. The van der Waals surface area contributed by atoms with E-state index in [1.165, 1.54) is 25.2 Å². The zero-order valence-corrected chi connectivity index (χ0v) is 11.0. The summed E-state index contributed by atoms with van der Waals surface area (Å²) in [4.78, 5) is 2.61. The zero-order valence-electron chi connectivity index (χ0n) is 10.2. The molecule has 2 saturated heterocycles. The Labute approximate surface area is 108 Å². The van der Waals surface area contributed by atoms with Crippen molar-refractivity contribution in [3.05, 3.63) is 34.9 Å². The van der Waals surface area contributed by atoms with Crippen LogP contribution in [-0.4, -0.2) is 30.6 Å². The van der Waals surface area contributed by atoms with Gasteiger partial charge in [0.05, 0.1) is 0 Å². The van der Waals surface area contributed by atoms with Crippen LogP contribution >= 0.6 is 11.6 Å². The lowest BCUT2D eigenvalue weighted by atomic mass is 9.95. The Morgan fingerprint density at radius 1 is 1.29 bits per heavy atom. The summed E-state index contributed by atoms with van der Waals surface area (Å²) in [6, 6.07) is 8.95. The third-order valence-electron chi connectivity index (χ3n) is 4.36. The minimum atomic E-state index is 0.700. The highest BCUT2D eigenvalue weighted by Crippen LogP contribution is 2.33. The molecule has 0 radical (unpaired) electrons. The average molecular weight is 251 g/mol. The van der Waals surface area contributed by atoms with Crippen LogP contribution in [0.2, 0.25) is 5.02 Å². The number of hydrogen-bond acceptors (Lipinski definition) is 2. The van der Waals surface area contributed by atoms with E-state index in [0.717, 1.165) is 23.4 Å². The van der Waals surface area contributed by atoms with E-state index in [1.54, 1.807) is 0 Å². The van der Waals surface area contributed by atoms with E-state index in [2.05, 4.69) is 29.3 Å². The van der Waals surface area contributed by atoms with Gasteiger partial charge in [0.15, 0.2) is 0 Å². The van der Waals surface area contributed by atoms with Crippen molar-refractivity contribution in [2.75, 3.05) is 19.6 Å². The Bertz CT molecular complexity index is 390. The van der Waals surface area contributed by atoms with Crippen molar-refractivity contribution in [2.24, 2.45) is 11.8 Å². The maximum atomic E-state index is 5.91. The smallest absolute Gasteiger partial charge is 0.0406 e. The number of rotatable bonds is 2. The number of nitrogens with one attached hydrogen (secondary N) is 1. The van der Waals surface area contributed by atoms with Crippen LogP contribution in [0.1, 0.15) is 12.5 Å².